The zero-order valence-electron chi connectivity index (χ0n) is 17.1. The molecule has 0 unspecified atom stereocenters. The predicted octanol–water partition coefficient (Wildman–Crippen LogP) is 4.00. The molecular weight excluding hydrogens is 481 g/mol. The lowest BCUT2D eigenvalue weighted by Gasteiger charge is -2.35. The van der Waals surface area contributed by atoms with Crippen molar-refractivity contribution in [3.63, 3.8) is 0 Å². The lowest BCUT2D eigenvalue weighted by molar-refractivity contribution is -0.133. The van der Waals surface area contributed by atoms with Gasteiger partial charge in [0.1, 0.15) is 0 Å². The topological polar surface area (TPSA) is 60.9 Å². The first-order valence-electron chi connectivity index (χ1n) is 9.90. The molecule has 0 radical (unpaired) electrons. The fraction of sp³-hybridized carbons (Fsp3) is 0.381. The second-order valence-electron chi connectivity index (χ2n) is 7.29. The summed E-state index contributed by atoms with van der Waals surface area (Å²) in [5.41, 5.74) is 0.635. The van der Waals surface area contributed by atoms with Crippen LogP contribution in [-0.4, -0.2) is 67.7 Å². The Bertz CT molecular complexity index is 1020. The summed E-state index contributed by atoms with van der Waals surface area (Å²) in [6, 6.07) is 10.8. The molecule has 3 rings (SSSR count). The van der Waals surface area contributed by atoms with E-state index in [0.717, 1.165) is 19.6 Å². The van der Waals surface area contributed by atoms with Crippen LogP contribution in [0.15, 0.2) is 47.4 Å². The van der Waals surface area contributed by atoms with Crippen molar-refractivity contribution in [1.82, 2.24) is 14.1 Å². The third-order valence-electron chi connectivity index (χ3n) is 5.28. The van der Waals surface area contributed by atoms with E-state index in [9.17, 15) is 13.2 Å². The van der Waals surface area contributed by atoms with E-state index in [0.29, 0.717) is 33.7 Å². The number of carbonyl (C=O) groups excluding carboxylic acids is 1. The van der Waals surface area contributed by atoms with E-state index in [-0.39, 0.29) is 23.9 Å². The zero-order chi connectivity index (χ0) is 22.6. The normalized spacial score (nSPS) is 15.5. The first-order valence-corrected chi connectivity index (χ1v) is 12.5. The number of halogens is 3. The van der Waals surface area contributed by atoms with E-state index in [1.165, 1.54) is 28.6 Å². The number of carbonyl (C=O) groups is 1. The molecule has 10 heteroatoms. The lowest BCUT2D eigenvalue weighted by atomic mass is 10.2. The van der Waals surface area contributed by atoms with Gasteiger partial charge >= 0.3 is 0 Å². The summed E-state index contributed by atoms with van der Waals surface area (Å²) in [4.78, 5) is 17.0. The van der Waals surface area contributed by atoms with Crippen LogP contribution >= 0.6 is 34.8 Å². The van der Waals surface area contributed by atoms with Gasteiger partial charge in [-0.05, 0) is 48.5 Å². The molecule has 0 N–H and O–H groups in total. The minimum atomic E-state index is -3.95. The maximum absolute atomic E-state index is 13.4. The smallest absolute Gasteiger partial charge is 0.243 e. The van der Waals surface area contributed by atoms with E-state index >= 15 is 0 Å². The van der Waals surface area contributed by atoms with Crippen LogP contribution in [0.2, 0.25) is 15.1 Å². The summed E-state index contributed by atoms with van der Waals surface area (Å²) in [7, 11) is -3.95. The quantitative estimate of drug-likeness (QED) is 0.572. The molecule has 31 heavy (non-hydrogen) atoms. The minimum Gasteiger partial charge on any atom is -0.339 e. The molecule has 1 amide bonds. The second-order valence-corrected chi connectivity index (χ2v) is 10.5. The van der Waals surface area contributed by atoms with Crippen LogP contribution in [0.1, 0.15) is 12.5 Å². The molecule has 1 fully saturated rings. The number of hydrogen-bond acceptors (Lipinski definition) is 4. The highest BCUT2D eigenvalue weighted by Crippen LogP contribution is 2.25. The first-order chi connectivity index (χ1) is 14.7. The molecule has 6 nitrogen and oxygen atoms in total. The van der Waals surface area contributed by atoms with Gasteiger partial charge < -0.3 is 9.80 Å². The van der Waals surface area contributed by atoms with Gasteiger partial charge in [-0.25, -0.2) is 8.42 Å². The largest absolute Gasteiger partial charge is 0.339 e. The Labute approximate surface area is 198 Å². The van der Waals surface area contributed by atoms with Crippen LogP contribution < -0.4 is 0 Å². The van der Waals surface area contributed by atoms with Gasteiger partial charge in [-0.15, -0.1) is 0 Å². The van der Waals surface area contributed by atoms with Crippen LogP contribution in [0.25, 0.3) is 0 Å². The van der Waals surface area contributed by atoms with E-state index in [1.54, 1.807) is 23.1 Å². The van der Waals surface area contributed by atoms with Crippen molar-refractivity contribution in [2.24, 2.45) is 0 Å². The molecule has 0 spiro atoms. The van der Waals surface area contributed by atoms with E-state index in [4.69, 9.17) is 34.8 Å². The molecule has 0 atom stereocenters. The van der Waals surface area contributed by atoms with Crippen LogP contribution in [-0.2, 0) is 21.4 Å². The van der Waals surface area contributed by atoms with Crippen molar-refractivity contribution >= 4 is 50.7 Å². The van der Waals surface area contributed by atoms with Gasteiger partial charge in [0.25, 0.3) is 0 Å². The molecule has 0 saturated carbocycles. The zero-order valence-corrected chi connectivity index (χ0v) is 20.2. The Morgan fingerprint density at radius 1 is 0.968 bits per heavy atom. The fourth-order valence-electron chi connectivity index (χ4n) is 3.39. The van der Waals surface area contributed by atoms with Crippen molar-refractivity contribution in [2.75, 3.05) is 39.3 Å². The fourth-order valence-corrected chi connectivity index (χ4v) is 5.21. The first kappa shape index (κ1) is 24.3. The number of amides is 1. The highest BCUT2D eigenvalue weighted by Gasteiger charge is 2.30. The highest BCUT2D eigenvalue weighted by molar-refractivity contribution is 7.89. The van der Waals surface area contributed by atoms with Crippen molar-refractivity contribution in [3.8, 4) is 0 Å². The summed E-state index contributed by atoms with van der Waals surface area (Å²) >= 11 is 18.0. The van der Waals surface area contributed by atoms with Crippen molar-refractivity contribution < 1.29 is 13.2 Å². The number of rotatable bonds is 7. The number of sulfonamides is 1. The third-order valence-corrected chi connectivity index (χ3v) is 8.08. The summed E-state index contributed by atoms with van der Waals surface area (Å²) in [6.07, 6.45) is 0. The molecule has 2 aromatic rings. The van der Waals surface area contributed by atoms with E-state index in [2.05, 4.69) is 11.8 Å². The Balaban J connectivity index is 1.85. The predicted molar refractivity (Wildman–Crippen MR) is 124 cm³/mol. The number of nitrogens with zero attached hydrogens (tertiary/aromatic N) is 3. The van der Waals surface area contributed by atoms with Crippen LogP contribution in [0.3, 0.4) is 0 Å². The van der Waals surface area contributed by atoms with Gasteiger partial charge in [-0.1, -0.05) is 47.8 Å². The van der Waals surface area contributed by atoms with Gasteiger partial charge in [0, 0.05) is 37.7 Å². The van der Waals surface area contributed by atoms with E-state index in [1.807, 2.05) is 0 Å². The van der Waals surface area contributed by atoms with Crippen molar-refractivity contribution in [2.45, 2.75) is 18.4 Å². The van der Waals surface area contributed by atoms with Crippen LogP contribution in [0.5, 0.6) is 0 Å². The number of piperazine rings is 1. The molecule has 0 bridgehead atoms. The second kappa shape index (κ2) is 10.5. The van der Waals surface area contributed by atoms with Gasteiger partial charge in [0.15, 0.2) is 0 Å². The summed E-state index contributed by atoms with van der Waals surface area (Å²) in [5.74, 6) is -0.228. The third kappa shape index (κ3) is 6.12. The highest BCUT2D eigenvalue weighted by atomic mass is 35.5. The summed E-state index contributed by atoms with van der Waals surface area (Å²) < 4.78 is 27.9. The molecule has 168 valence electrons. The van der Waals surface area contributed by atoms with Crippen LogP contribution in [0.4, 0.5) is 0 Å². The Morgan fingerprint density at radius 3 is 2.19 bits per heavy atom. The molecule has 1 saturated heterocycles. The lowest BCUT2D eigenvalue weighted by Crippen LogP contribution is -2.51. The summed E-state index contributed by atoms with van der Waals surface area (Å²) in [5, 5.41) is 1.13. The molecule has 1 aliphatic heterocycles. The molecule has 0 aromatic heterocycles. The minimum absolute atomic E-state index is 0.0114. The van der Waals surface area contributed by atoms with Gasteiger partial charge in [0.05, 0.1) is 21.5 Å². The number of benzene rings is 2. The van der Waals surface area contributed by atoms with Crippen molar-refractivity contribution in [3.05, 3.63) is 63.1 Å². The van der Waals surface area contributed by atoms with Gasteiger partial charge in [0.2, 0.25) is 15.9 Å². The molecule has 2 aromatic carbocycles. The van der Waals surface area contributed by atoms with Gasteiger partial charge in [-0.2, -0.15) is 4.31 Å². The Morgan fingerprint density at radius 2 is 1.61 bits per heavy atom. The maximum Gasteiger partial charge on any atom is 0.243 e. The standard InChI is InChI=1S/C21H24Cl3N3O3S/c1-2-25-9-11-26(12-10-25)21(28)15-27(14-16-3-8-19(23)20(24)13-16)31(29,30)18-6-4-17(22)5-7-18/h3-8,13H,2,9-12,14-15H2,1H3. The monoisotopic (exact) mass is 503 g/mol. The number of hydrogen-bond donors (Lipinski definition) is 0. The molecular formula is C21H24Cl3N3O3S. The molecule has 1 aliphatic rings. The maximum atomic E-state index is 13.4. The van der Waals surface area contributed by atoms with Crippen LogP contribution in [0, 0.1) is 0 Å². The average molecular weight is 505 g/mol. The number of likely N-dealkylation sites (N-methyl/N-ethyl adjacent to an activating group) is 1. The SMILES string of the molecule is CCN1CCN(C(=O)CN(Cc2ccc(Cl)c(Cl)c2)S(=O)(=O)c2ccc(Cl)cc2)CC1. The Kier molecular flexibility index (Phi) is 8.24. The molecule has 1 heterocycles. The van der Waals surface area contributed by atoms with Gasteiger partial charge in [-0.3, -0.25) is 4.79 Å². The van der Waals surface area contributed by atoms with E-state index < -0.39 is 10.0 Å². The summed E-state index contributed by atoms with van der Waals surface area (Å²) in [6.45, 7) is 5.44. The molecule has 0 aliphatic carbocycles. The average Bonchev–Trinajstić information content (AvgIpc) is 2.76. The van der Waals surface area contributed by atoms with Crippen molar-refractivity contribution in [1.29, 1.82) is 0 Å². The Hall–Kier alpha value is -1.35.